The smallest absolute Gasteiger partial charge is 0.240 e. The molecule has 1 atom stereocenters. The van der Waals surface area contributed by atoms with Gasteiger partial charge >= 0.3 is 0 Å². The maximum Gasteiger partial charge on any atom is 0.240 e. The molecule has 3 aromatic rings. The van der Waals surface area contributed by atoms with Gasteiger partial charge in [-0.25, -0.2) is 4.39 Å². The Morgan fingerprint density at radius 2 is 2.07 bits per heavy atom. The first kappa shape index (κ1) is 20.9. The molecule has 0 radical (unpaired) electrons. The van der Waals surface area contributed by atoms with Crippen LogP contribution in [0.4, 0.5) is 4.39 Å². The predicted octanol–water partition coefficient (Wildman–Crippen LogP) is 3.00. The molecule has 0 spiro atoms. The average molecular weight is 448 g/mol. The monoisotopic (exact) mass is 447 g/mol. The SMILES string of the molecule is O=C(Cn1c(-c2cccs2)n[nH]c1=S)NC[C@@H](c1ccc(F)cc1)N1CCOCC1. The van der Waals surface area contributed by atoms with E-state index >= 15 is 0 Å². The fourth-order valence-electron chi connectivity index (χ4n) is 3.50. The maximum atomic E-state index is 13.4. The lowest BCUT2D eigenvalue weighted by Gasteiger charge is -2.35. The third-order valence-corrected chi connectivity index (χ3v) is 6.21. The van der Waals surface area contributed by atoms with Crippen molar-refractivity contribution in [3.63, 3.8) is 0 Å². The number of aromatic nitrogens is 3. The summed E-state index contributed by atoms with van der Waals surface area (Å²) >= 11 is 6.84. The molecule has 2 aromatic heterocycles. The molecule has 0 unspecified atom stereocenters. The number of rotatable bonds is 7. The number of thiophene rings is 1. The molecule has 0 saturated carbocycles. The number of carbonyl (C=O) groups excluding carboxylic acids is 1. The van der Waals surface area contributed by atoms with Crippen LogP contribution in [0, 0.1) is 10.6 Å². The number of benzene rings is 1. The van der Waals surface area contributed by atoms with E-state index in [0.717, 1.165) is 23.5 Å². The van der Waals surface area contributed by atoms with Crippen molar-refractivity contribution in [3.05, 3.63) is 57.9 Å². The van der Waals surface area contributed by atoms with Crippen molar-refractivity contribution < 1.29 is 13.9 Å². The first-order chi connectivity index (χ1) is 14.6. The van der Waals surface area contributed by atoms with Crippen LogP contribution in [0.2, 0.25) is 0 Å². The van der Waals surface area contributed by atoms with E-state index in [4.69, 9.17) is 17.0 Å². The molecular weight excluding hydrogens is 425 g/mol. The van der Waals surface area contributed by atoms with E-state index in [9.17, 15) is 9.18 Å². The third-order valence-electron chi connectivity index (χ3n) is 5.04. The van der Waals surface area contributed by atoms with Crippen LogP contribution in [-0.2, 0) is 16.1 Å². The van der Waals surface area contributed by atoms with Crippen LogP contribution in [0.15, 0.2) is 41.8 Å². The van der Waals surface area contributed by atoms with Gasteiger partial charge in [0.25, 0.3) is 0 Å². The molecule has 1 aliphatic rings. The molecule has 1 fully saturated rings. The third kappa shape index (κ3) is 4.84. The van der Waals surface area contributed by atoms with E-state index in [2.05, 4.69) is 20.4 Å². The lowest BCUT2D eigenvalue weighted by Crippen LogP contribution is -2.44. The van der Waals surface area contributed by atoms with Crippen LogP contribution in [0.3, 0.4) is 0 Å². The highest BCUT2D eigenvalue weighted by molar-refractivity contribution is 7.71. The molecule has 0 bridgehead atoms. The minimum absolute atomic E-state index is 0.0625. The molecule has 10 heteroatoms. The fraction of sp³-hybridized carbons (Fsp3) is 0.350. The lowest BCUT2D eigenvalue weighted by atomic mass is 10.0. The summed E-state index contributed by atoms with van der Waals surface area (Å²) in [5.74, 6) is 0.207. The van der Waals surface area contributed by atoms with E-state index < -0.39 is 0 Å². The molecule has 1 aliphatic heterocycles. The van der Waals surface area contributed by atoms with E-state index in [-0.39, 0.29) is 24.3 Å². The molecule has 0 aliphatic carbocycles. The van der Waals surface area contributed by atoms with Crippen LogP contribution in [-0.4, -0.2) is 58.4 Å². The average Bonchev–Trinajstić information content (AvgIpc) is 3.41. The van der Waals surface area contributed by atoms with Crippen molar-refractivity contribution in [1.82, 2.24) is 25.0 Å². The number of halogens is 1. The van der Waals surface area contributed by atoms with Gasteiger partial charge < -0.3 is 10.1 Å². The van der Waals surface area contributed by atoms with Gasteiger partial charge in [0.2, 0.25) is 5.91 Å². The van der Waals surface area contributed by atoms with E-state index in [1.165, 1.54) is 23.5 Å². The minimum Gasteiger partial charge on any atom is -0.379 e. The van der Waals surface area contributed by atoms with Crippen molar-refractivity contribution >= 4 is 29.5 Å². The number of carbonyl (C=O) groups is 1. The number of morpholine rings is 1. The number of hydrogen-bond acceptors (Lipinski definition) is 6. The normalized spacial score (nSPS) is 15.8. The fourth-order valence-corrected chi connectivity index (χ4v) is 4.42. The van der Waals surface area contributed by atoms with Crippen molar-refractivity contribution in [3.8, 4) is 10.7 Å². The van der Waals surface area contributed by atoms with Gasteiger partial charge in [-0.3, -0.25) is 19.4 Å². The number of H-pyrrole nitrogens is 1. The van der Waals surface area contributed by atoms with E-state index in [0.29, 0.717) is 30.4 Å². The van der Waals surface area contributed by atoms with Crippen LogP contribution >= 0.6 is 23.6 Å². The second kappa shape index (κ2) is 9.61. The van der Waals surface area contributed by atoms with Crippen molar-refractivity contribution in [2.45, 2.75) is 12.6 Å². The number of ether oxygens (including phenoxy) is 1. The Bertz CT molecular complexity index is 1030. The number of nitrogens with zero attached hydrogens (tertiary/aromatic N) is 3. The van der Waals surface area contributed by atoms with Crippen LogP contribution in [0.1, 0.15) is 11.6 Å². The molecule has 1 saturated heterocycles. The zero-order chi connectivity index (χ0) is 20.9. The highest BCUT2D eigenvalue weighted by Crippen LogP contribution is 2.23. The van der Waals surface area contributed by atoms with Crippen LogP contribution < -0.4 is 5.32 Å². The van der Waals surface area contributed by atoms with E-state index in [1.54, 1.807) is 16.7 Å². The quantitative estimate of drug-likeness (QED) is 0.545. The Labute approximate surface area is 182 Å². The largest absolute Gasteiger partial charge is 0.379 e. The Morgan fingerprint density at radius 1 is 1.30 bits per heavy atom. The van der Waals surface area contributed by atoms with Crippen molar-refractivity contribution in [2.24, 2.45) is 0 Å². The van der Waals surface area contributed by atoms with Gasteiger partial charge in [0.05, 0.1) is 24.1 Å². The van der Waals surface area contributed by atoms with Crippen molar-refractivity contribution in [1.29, 1.82) is 0 Å². The Balaban J connectivity index is 1.46. The standard InChI is InChI=1S/C20H22FN5O2S2/c21-15-5-3-14(4-6-15)16(25-7-9-28-10-8-25)12-22-18(27)13-26-19(23-24-20(26)29)17-2-1-11-30-17/h1-6,11,16H,7-10,12-13H2,(H,22,27)(H,24,29)/t16-/m0/s1. The molecule has 2 N–H and O–H groups in total. The Hall–Kier alpha value is -2.40. The number of aromatic amines is 1. The van der Waals surface area contributed by atoms with Crippen LogP contribution in [0.25, 0.3) is 10.7 Å². The Morgan fingerprint density at radius 3 is 2.77 bits per heavy atom. The summed E-state index contributed by atoms with van der Waals surface area (Å²) in [5, 5.41) is 12.0. The van der Waals surface area contributed by atoms with Gasteiger partial charge in [0, 0.05) is 19.6 Å². The van der Waals surface area contributed by atoms with Crippen LogP contribution in [0.5, 0.6) is 0 Å². The molecule has 7 nitrogen and oxygen atoms in total. The maximum absolute atomic E-state index is 13.4. The lowest BCUT2D eigenvalue weighted by molar-refractivity contribution is -0.122. The Kier molecular flexibility index (Phi) is 6.68. The molecule has 30 heavy (non-hydrogen) atoms. The highest BCUT2D eigenvalue weighted by Gasteiger charge is 2.23. The summed E-state index contributed by atoms with van der Waals surface area (Å²) < 4.78 is 20.9. The van der Waals surface area contributed by atoms with E-state index in [1.807, 2.05) is 17.5 Å². The molecule has 158 valence electrons. The first-order valence-corrected chi connectivity index (χ1v) is 10.9. The molecule has 1 amide bonds. The summed E-state index contributed by atoms with van der Waals surface area (Å²) in [6, 6.07) is 10.2. The first-order valence-electron chi connectivity index (χ1n) is 9.65. The second-order valence-corrected chi connectivity index (χ2v) is 8.27. The topological polar surface area (TPSA) is 75.2 Å². The van der Waals surface area contributed by atoms with Gasteiger partial charge in [0.1, 0.15) is 12.4 Å². The molecule has 1 aromatic carbocycles. The van der Waals surface area contributed by atoms with Gasteiger partial charge in [-0.15, -0.1) is 11.3 Å². The molecule has 4 rings (SSSR count). The van der Waals surface area contributed by atoms with Gasteiger partial charge in [-0.1, -0.05) is 18.2 Å². The summed E-state index contributed by atoms with van der Waals surface area (Å²) in [4.78, 5) is 15.9. The summed E-state index contributed by atoms with van der Waals surface area (Å²) in [7, 11) is 0. The molecular formula is C20H22FN5O2S2. The zero-order valence-corrected chi connectivity index (χ0v) is 17.8. The summed E-state index contributed by atoms with van der Waals surface area (Å²) in [6.07, 6.45) is 0. The van der Waals surface area contributed by atoms with Gasteiger partial charge in [-0.05, 0) is 41.4 Å². The zero-order valence-electron chi connectivity index (χ0n) is 16.2. The minimum atomic E-state index is -0.279. The highest BCUT2D eigenvalue weighted by atomic mass is 32.1. The number of hydrogen-bond donors (Lipinski definition) is 2. The van der Waals surface area contributed by atoms with Gasteiger partial charge in [0.15, 0.2) is 10.6 Å². The second-order valence-electron chi connectivity index (χ2n) is 6.94. The summed E-state index contributed by atoms with van der Waals surface area (Å²) in [5.41, 5.74) is 0.956. The number of amides is 1. The van der Waals surface area contributed by atoms with Crippen molar-refractivity contribution in [2.75, 3.05) is 32.8 Å². The number of nitrogens with one attached hydrogen (secondary N) is 2. The molecule has 3 heterocycles. The summed E-state index contributed by atoms with van der Waals surface area (Å²) in [6.45, 7) is 3.27. The predicted molar refractivity (Wildman–Crippen MR) is 115 cm³/mol. The van der Waals surface area contributed by atoms with Gasteiger partial charge in [-0.2, -0.15) is 5.10 Å².